The normalized spacial score (nSPS) is 22.4. The summed E-state index contributed by atoms with van der Waals surface area (Å²) in [6.07, 6.45) is 1.28. The van der Waals surface area contributed by atoms with E-state index < -0.39 is 7.12 Å². The Morgan fingerprint density at radius 1 is 1.32 bits per heavy atom. The highest BCUT2D eigenvalue weighted by atomic mass is 16.4. The zero-order valence-corrected chi connectivity index (χ0v) is 10.7. The lowest BCUT2D eigenvalue weighted by Crippen LogP contribution is -2.46. The van der Waals surface area contributed by atoms with Crippen molar-refractivity contribution in [2.24, 2.45) is 0 Å². The number of ketones is 1. The van der Waals surface area contributed by atoms with Gasteiger partial charge in [-0.2, -0.15) is 0 Å². The summed E-state index contributed by atoms with van der Waals surface area (Å²) in [6, 6.07) is 9.62. The molecule has 1 saturated heterocycles. The van der Waals surface area contributed by atoms with E-state index >= 15 is 0 Å². The van der Waals surface area contributed by atoms with Gasteiger partial charge in [0.25, 0.3) is 0 Å². The molecule has 0 aromatic heterocycles. The topological polar surface area (TPSA) is 81.6 Å². The summed E-state index contributed by atoms with van der Waals surface area (Å²) >= 11 is 0. The Labute approximate surface area is 113 Å². The van der Waals surface area contributed by atoms with Gasteiger partial charge in [0.2, 0.25) is 0 Å². The van der Waals surface area contributed by atoms with Gasteiger partial charge < -0.3 is 20.7 Å². The van der Waals surface area contributed by atoms with Crippen molar-refractivity contribution >= 4 is 12.9 Å². The molecule has 5 nitrogen and oxygen atoms in total. The lowest BCUT2D eigenvalue weighted by molar-refractivity contribution is -0.119. The second-order valence-corrected chi connectivity index (χ2v) is 4.87. The number of rotatable bonds is 6. The van der Waals surface area contributed by atoms with Crippen LogP contribution in [0.2, 0.25) is 0 Å². The van der Waals surface area contributed by atoms with Gasteiger partial charge in [0, 0.05) is 12.5 Å². The molecule has 0 bridgehead atoms. The molecule has 0 spiro atoms. The minimum Gasteiger partial charge on any atom is -0.426 e. The molecule has 0 aliphatic carbocycles. The van der Waals surface area contributed by atoms with Gasteiger partial charge >= 0.3 is 7.12 Å². The molecule has 1 aromatic rings. The predicted octanol–water partition coefficient (Wildman–Crippen LogP) is -0.522. The van der Waals surface area contributed by atoms with E-state index in [1.807, 2.05) is 30.3 Å². The highest BCUT2D eigenvalue weighted by molar-refractivity contribution is 6.43. The van der Waals surface area contributed by atoms with Crippen LogP contribution >= 0.6 is 0 Å². The van der Waals surface area contributed by atoms with Crippen LogP contribution in [0.15, 0.2) is 30.3 Å². The van der Waals surface area contributed by atoms with Crippen LogP contribution in [0.5, 0.6) is 0 Å². The molecule has 1 aromatic carbocycles. The van der Waals surface area contributed by atoms with E-state index in [0.29, 0.717) is 25.9 Å². The Bertz CT molecular complexity index is 414. The van der Waals surface area contributed by atoms with E-state index in [9.17, 15) is 4.79 Å². The first-order valence-corrected chi connectivity index (χ1v) is 6.56. The minimum atomic E-state index is -1.39. The summed E-state index contributed by atoms with van der Waals surface area (Å²) in [6.45, 7) is 0.951. The molecule has 102 valence electrons. The van der Waals surface area contributed by atoms with Crippen LogP contribution in [0.1, 0.15) is 18.4 Å². The third-order valence-electron chi connectivity index (χ3n) is 3.40. The molecule has 19 heavy (non-hydrogen) atoms. The van der Waals surface area contributed by atoms with Gasteiger partial charge in [-0.25, -0.2) is 0 Å². The molecule has 2 atom stereocenters. The number of nitrogens with one attached hydrogen (secondary N) is 2. The number of hydrogen-bond acceptors (Lipinski definition) is 5. The second kappa shape index (κ2) is 6.82. The summed E-state index contributed by atoms with van der Waals surface area (Å²) in [7, 11) is -1.39. The zero-order chi connectivity index (χ0) is 13.7. The zero-order valence-electron chi connectivity index (χ0n) is 10.7. The maximum absolute atomic E-state index is 11.9. The van der Waals surface area contributed by atoms with Gasteiger partial charge in [0.15, 0.2) is 5.78 Å². The fourth-order valence-electron chi connectivity index (χ4n) is 2.31. The largest absolute Gasteiger partial charge is 0.469 e. The van der Waals surface area contributed by atoms with Crippen LogP contribution in [0.25, 0.3) is 0 Å². The van der Waals surface area contributed by atoms with Crippen LogP contribution in [-0.4, -0.2) is 41.5 Å². The van der Waals surface area contributed by atoms with Gasteiger partial charge in [0.1, 0.15) is 0 Å². The number of carbonyl (C=O) groups excluding carboxylic acids is 1. The lowest BCUT2D eigenvalue weighted by Gasteiger charge is -2.13. The maximum Gasteiger partial charge on any atom is 0.469 e. The van der Waals surface area contributed by atoms with Gasteiger partial charge in [-0.3, -0.25) is 4.79 Å². The fourth-order valence-corrected chi connectivity index (χ4v) is 2.31. The van der Waals surface area contributed by atoms with Crippen molar-refractivity contribution in [3.8, 4) is 0 Å². The molecule has 1 fully saturated rings. The monoisotopic (exact) mass is 262 g/mol. The van der Waals surface area contributed by atoms with E-state index in [2.05, 4.69) is 10.6 Å². The quantitative estimate of drug-likeness (QED) is 0.519. The molecule has 6 heteroatoms. The van der Waals surface area contributed by atoms with Gasteiger partial charge in [0.05, 0.1) is 12.6 Å². The highest BCUT2D eigenvalue weighted by Gasteiger charge is 2.34. The third kappa shape index (κ3) is 4.14. The van der Waals surface area contributed by atoms with E-state index in [4.69, 9.17) is 10.0 Å². The average Bonchev–Trinajstić information content (AvgIpc) is 2.89. The first kappa shape index (κ1) is 14.2. The summed E-state index contributed by atoms with van der Waals surface area (Å²) in [5.74, 6) is -0.317. The van der Waals surface area contributed by atoms with Crippen molar-refractivity contribution in [1.82, 2.24) is 10.6 Å². The Kier molecular flexibility index (Phi) is 5.10. The van der Waals surface area contributed by atoms with Crippen molar-refractivity contribution in [1.29, 1.82) is 0 Å². The van der Waals surface area contributed by atoms with E-state index in [-0.39, 0.29) is 17.8 Å². The first-order chi connectivity index (χ1) is 9.16. The van der Waals surface area contributed by atoms with E-state index in [1.165, 1.54) is 0 Å². The van der Waals surface area contributed by atoms with Gasteiger partial charge in [-0.1, -0.05) is 30.3 Å². The standard InChI is InChI=1S/C13H19BN2O3/c17-12(11-6-7-13(16-11)14(18)19)9-15-8-10-4-2-1-3-5-10/h1-5,11,13,15-16,18-19H,6-9H2/t11?,13-/m0/s1. The van der Waals surface area contributed by atoms with E-state index in [0.717, 1.165) is 5.56 Å². The minimum absolute atomic E-state index is 0.0686. The van der Waals surface area contributed by atoms with Crippen molar-refractivity contribution in [3.63, 3.8) is 0 Å². The Hall–Kier alpha value is -1.21. The molecule has 0 radical (unpaired) electrons. The Balaban J connectivity index is 1.71. The van der Waals surface area contributed by atoms with E-state index in [1.54, 1.807) is 0 Å². The number of carbonyl (C=O) groups is 1. The Morgan fingerprint density at radius 2 is 2.05 bits per heavy atom. The number of hydrogen-bond donors (Lipinski definition) is 4. The molecule has 1 aliphatic heterocycles. The van der Waals surface area contributed by atoms with Crippen molar-refractivity contribution in [2.45, 2.75) is 31.4 Å². The molecule has 1 aliphatic rings. The van der Waals surface area contributed by atoms with Crippen molar-refractivity contribution < 1.29 is 14.8 Å². The summed E-state index contributed by atoms with van der Waals surface area (Å²) < 4.78 is 0. The Morgan fingerprint density at radius 3 is 2.68 bits per heavy atom. The number of benzene rings is 1. The van der Waals surface area contributed by atoms with Crippen LogP contribution in [0.3, 0.4) is 0 Å². The van der Waals surface area contributed by atoms with Crippen LogP contribution in [-0.2, 0) is 11.3 Å². The average molecular weight is 262 g/mol. The van der Waals surface area contributed by atoms with Crippen LogP contribution in [0, 0.1) is 0 Å². The number of Topliss-reactive ketones (excluding diaryl/α,β-unsaturated/α-hetero) is 1. The van der Waals surface area contributed by atoms with Gasteiger partial charge in [-0.05, 0) is 18.4 Å². The molecule has 1 heterocycles. The summed E-state index contributed by atoms with van der Waals surface area (Å²) in [5.41, 5.74) is 1.14. The molecular formula is C13H19BN2O3. The van der Waals surface area contributed by atoms with Crippen LogP contribution < -0.4 is 10.6 Å². The highest BCUT2D eigenvalue weighted by Crippen LogP contribution is 2.13. The molecule has 2 rings (SSSR count). The third-order valence-corrected chi connectivity index (χ3v) is 3.40. The van der Waals surface area contributed by atoms with Crippen molar-refractivity contribution in [3.05, 3.63) is 35.9 Å². The van der Waals surface area contributed by atoms with Crippen molar-refractivity contribution in [2.75, 3.05) is 6.54 Å². The summed E-state index contributed by atoms with van der Waals surface area (Å²) in [4.78, 5) is 11.9. The fraction of sp³-hybridized carbons (Fsp3) is 0.462. The maximum atomic E-state index is 11.9. The lowest BCUT2D eigenvalue weighted by atomic mass is 9.79. The molecule has 4 N–H and O–H groups in total. The van der Waals surface area contributed by atoms with Crippen LogP contribution in [0.4, 0.5) is 0 Å². The molecule has 0 amide bonds. The molecule has 1 unspecified atom stereocenters. The first-order valence-electron chi connectivity index (χ1n) is 6.56. The SMILES string of the molecule is O=C(CNCc1ccccc1)C1CC[C@@H](B(O)O)N1. The van der Waals surface area contributed by atoms with Gasteiger partial charge in [-0.15, -0.1) is 0 Å². The summed E-state index contributed by atoms with van der Waals surface area (Å²) in [5, 5.41) is 24.1. The second-order valence-electron chi connectivity index (χ2n) is 4.87. The molecule has 0 saturated carbocycles. The predicted molar refractivity (Wildman–Crippen MR) is 73.3 cm³/mol. The molecular weight excluding hydrogens is 243 g/mol. The smallest absolute Gasteiger partial charge is 0.426 e.